The second-order valence-electron chi connectivity index (χ2n) is 8.43. The Bertz CT molecular complexity index is 869. The summed E-state index contributed by atoms with van der Waals surface area (Å²) in [5.41, 5.74) is 1.38. The zero-order valence-corrected chi connectivity index (χ0v) is 19.7. The number of aliphatic hydroxyl groups excluding tert-OH is 1. The molecule has 3 rings (SSSR count). The number of ether oxygens (including phenoxy) is 3. The van der Waals surface area contributed by atoms with Crippen molar-refractivity contribution in [2.24, 2.45) is 0 Å². The number of methoxy groups -OCH3 is 1. The lowest BCUT2D eigenvalue weighted by atomic mass is 9.92. The Morgan fingerprint density at radius 2 is 2.00 bits per heavy atom. The molecule has 0 aliphatic carbocycles. The number of allylic oxidation sites excluding steroid dienone is 1. The number of rotatable bonds is 12. The topological polar surface area (TPSA) is 114 Å². The Kier molecular flexibility index (Phi) is 9.90. The van der Waals surface area contributed by atoms with E-state index in [4.69, 9.17) is 19.3 Å². The van der Waals surface area contributed by atoms with Gasteiger partial charge in [0.25, 0.3) is 5.91 Å². The van der Waals surface area contributed by atoms with Gasteiger partial charge in [0.2, 0.25) is 12.2 Å². The Labute approximate surface area is 200 Å². The lowest BCUT2D eigenvalue weighted by molar-refractivity contribution is -0.146. The number of aliphatic hydroxyl groups is 1. The van der Waals surface area contributed by atoms with Crippen LogP contribution in [0.4, 0.5) is 0 Å². The van der Waals surface area contributed by atoms with Gasteiger partial charge in [0.1, 0.15) is 0 Å². The van der Waals surface area contributed by atoms with Crippen molar-refractivity contribution in [3.8, 4) is 0 Å². The first-order valence-corrected chi connectivity index (χ1v) is 11.9. The molecule has 1 saturated heterocycles. The standard InChI is InChI=1S/C25H34N2O7/c1-32-25(31)19-9-7-18(8-10-19)20-16-21(34-23(17-20)33-15-3-2-14-28)24(30)26-11-5-13-27-12-4-6-22(27)29/h7-10,16,20,23,28H,2-6,11-15,17H2,1H3,(H,26,30)/t20-,23+/m1/s1. The monoisotopic (exact) mass is 474 g/mol. The van der Waals surface area contributed by atoms with Gasteiger partial charge < -0.3 is 29.5 Å². The minimum atomic E-state index is -0.600. The molecule has 2 amide bonds. The summed E-state index contributed by atoms with van der Waals surface area (Å²) in [4.78, 5) is 38.1. The molecule has 186 valence electrons. The van der Waals surface area contributed by atoms with Crippen molar-refractivity contribution in [3.63, 3.8) is 0 Å². The van der Waals surface area contributed by atoms with Crippen LogP contribution in [0.3, 0.4) is 0 Å². The Morgan fingerprint density at radius 3 is 2.68 bits per heavy atom. The molecule has 2 N–H and O–H groups in total. The molecule has 0 aromatic heterocycles. The Morgan fingerprint density at radius 1 is 1.21 bits per heavy atom. The second-order valence-corrected chi connectivity index (χ2v) is 8.43. The summed E-state index contributed by atoms with van der Waals surface area (Å²) in [7, 11) is 1.34. The minimum absolute atomic E-state index is 0.0979. The van der Waals surface area contributed by atoms with Crippen LogP contribution in [0.15, 0.2) is 36.1 Å². The highest BCUT2D eigenvalue weighted by Gasteiger charge is 2.29. The number of hydrogen-bond acceptors (Lipinski definition) is 7. The average Bonchev–Trinajstić information content (AvgIpc) is 3.28. The largest absolute Gasteiger partial charge is 0.465 e. The fourth-order valence-corrected chi connectivity index (χ4v) is 4.06. The third-order valence-corrected chi connectivity index (χ3v) is 5.96. The van der Waals surface area contributed by atoms with E-state index in [0.717, 1.165) is 18.5 Å². The number of likely N-dealkylation sites (tertiary alicyclic amines) is 1. The van der Waals surface area contributed by atoms with E-state index in [1.165, 1.54) is 7.11 Å². The summed E-state index contributed by atoms with van der Waals surface area (Å²) in [5.74, 6) is -0.502. The van der Waals surface area contributed by atoms with Gasteiger partial charge >= 0.3 is 5.97 Å². The van der Waals surface area contributed by atoms with Crippen LogP contribution in [0.25, 0.3) is 0 Å². The Balaban J connectivity index is 1.62. The molecule has 2 aliphatic rings. The van der Waals surface area contributed by atoms with Gasteiger partial charge in [-0.25, -0.2) is 4.79 Å². The predicted octanol–water partition coefficient (Wildman–Crippen LogP) is 2.10. The minimum Gasteiger partial charge on any atom is -0.465 e. The van der Waals surface area contributed by atoms with Crippen molar-refractivity contribution in [1.29, 1.82) is 0 Å². The molecule has 1 aromatic rings. The molecular formula is C25H34N2O7. The summed E-state index contributed by atoms with van der Waals surface area (Å²) in [5, 5.41) is 11.8. The number of unbranched alkanes of at least 4 members (excludes halogenated alkanes) is 1. The number of nitrogens with zero attached hydrogens (tertiary/aromatic N) is 1. The van der Waals surface area contributed by atoms with E-state index in [1.807, 2.05) is 17.0 Å². The smallest absolute Gasteiger partial charge is 0.337 e. The summed E-state index contributed by atoms with van der Waals surface area (Å²) < 4.78 is 16.4. The first-order chi connectivity index (χ1) is 16.5. The third kappa shape index (κ3) is 7.30. The van der Waals surface area contributed by atoms with Crippen LogP contribution in [0.1, 0.15) is 60.4 Å². The van der Waals surface area contributed by atoms with Crippen LogP contribution in [0.5, 0.6) is 0 Å². The molecule has 2 aliphatic heterocycles. The molecule has 2 heterocycles. The molecule has 0 saturated carbocycles. The molecule has 0 radical (unpaired) electrons. The van der Waals surface area contributed by atoms with Crippen LogP contribution in [0, 0.1) is 0 Å². The van der Waals surface area contributed by atoms with Crippen LogP contribution in [-0.4, -0.2) is 74.0 Å². The van der Waals surface area contributed by atoms with E-state index in [1.54, 1.807) is 18.2 Å². The van der Waals surface area contributed by atoms with Crippen LogP contribution in [0.2, 0.25) is 0 Å². The average molecular weight is 475 g/mol. The maximum Gasteiger partial charge on any atom is 0.337 e. The number of esters is 1. The molecule has 0 unspecified atom stereocenters. The number of benzene rings is 1. The highest BCUT2D eigenvalue weighted by atomic mass is 16.7. The van der Waals surface area contributed by atoms with Gasteiger partial charge in [-0.15, -0.1) is 0 Å². The van der Waals surface area contributed by atoms with Crippen LogP contribution >= 0.6 is 0 Å². The van der Waals surface area contributed by atoms with E-state index >= 15 is 0 Å². The van der Waals surface area contributed by atoms with Crippen molar-refractivity contribution in [3.05, 3.63) is 47.2 Å². The number of amides is 2. The Hall–Kier alpha value is -2.91. The van der Waals surface area contributed by atoms with E-state index < -0.39 is 12.3 Å². The van der Waals surface area contributed by atoms with E-state index in [2.05, 4.69) is 5.32 Å². The lowest BCUT2D eigenvalue weighted by Gasteiger charge is -2.29. The number of carbonyl (C=O) groups is 3. The van der Waals surface area contributed by atoms with E-state index in [-0.39, 0.29) is 30.1 Å². The van der Waals surface area contributed by atoms with Gasteiger partial charge in [-0.05, 0) is 49.5 Å². The first kappa shape index (κ1) is 25.7. The van der Waals surface area contributed by atoms with E-state index in [9.17, 15) is 14.4 Å². The fourth-order valence-electron chi connectivity index (χ4n) is 4.06. The van der Waals surface area contributed by atoms with Gasteiger partial charge in [-0.3, -0.25) is 9.59 Å². The molecule has 9 heteroatoms. The van der Waals surface area contributed by atoms with Crippen LogP contribution < -0.4 is 5.32 Å². The molecule has 0 spiro atoms. The number of nitrogens with one attached hydrogen (secondary N) is 1. The van der Waals surface area contributed by atoms with Crippen molar-refractivity contribution in [1.82, 2.24) is 10.2 Å². The van der Waals surface area contributed by atoms with Crippen LogP contribution in [-0.2, 0) is 23.8 Å². The van der Waals surface area contributed by atoms with Gasteiger partial charge in [-0.2, -0.15) is 0 Å². The highest BCUT2D eigenvalue weighted by Crippen LogP contribution is 2.32. The molecular weight excluding hydrogens is 440 g/mol. The fraction of sp³-hybridized carbons (Fsp3) is 0.560. The summed E-state index contributed by atoms with van der Waals surface area (Å²) in [6.07, 6.45) is 5.19. The maximum absolute atomic E-state index is 12.8. The zero-order chi connectivity index (χ0) is 24.3. The quantitative estimate of drug-likeness (QED) is 0.352. The van der Waals surface area contributed by atoms with Gasteiger partial charge in [0.05, 0.1) is 19.3 Å². The van der Waals surface area contributed by atoms with Crippen molar-refractivity contribution < 1.29 is 33.7 Å². The molecule has 0 bridgehead atoms. The van der Waals surface area contributed by atoms with Crippen molar-refractivity contribution in [2.45, 2.75) is 50.7 Å². The van der Waals surface area contributed by atoms with Gasteiger partial charge in [-0.1, -0.05) is 12.1 Å². The molecule has 1 fully saturated rings. The lowest BCUT2D eigenvalue weighted by Crippen LogP contribution is -2.35. The molecule has 9 nitrogen and oxygen atoms in total. The SMILES string of the molecule is COC(=O)c1ccc([C@@H]2C=C(C(=O)NCCCN3CCCC3=O)O[C@H](OCCCCO)C2)cc1. The third-order valence-electron chi connectivity index (χ3n) is 5.96. The summed E-state index contributed by atoms with van der Waals surface area (Å²) >= 11 is 0. The number of hydrogen-bond donors (Lipinski definition) is 2. The summed E-state index contributed by atoms with van der Waals surface area (Å²) in [6, 6.07) is 7.07. The van der Waals surface area contributed by atoms with Crippen molar-refractivity contribution >= 4 is 17.8 Å². The van der Waals surface area contributed by atoms with Gasteiger partial charge in [0, 0.05) is 45.0 Å². The van der Waals surface area contributed by atoms with Crippen molar-refractivity contribution in [2.75, 3.05) is 40.0 Å². The highest BCUT2D eigenvalue weighted by molar-refractivity contribution is 5.92. The maximum atomic E-state index is 12.8. The molecule has 1 aromatic carbocycles. The summed E-state index contributed by atoms with van der Waals surface area (Å²) in [6.45, 7) is 2.36. The molecule has 2 atom stereocenters. The number of carbonyl (C=O) groups excluding carboxylic acids is 3. The predicted molar refractivity (Wildman–Crippen MR) is 124 cm³/mol. The van der Waals surface area contributed by atoms with Gasteiger partial charge in [0.15, 0.2) is 5.76 Å². The second kappa shape index (κ2) is 13.1. The van der Waals surface area contributed by atoms with E-state index in [0.29, 0.717) is 57.4 Å². The normalized spacial score (nSPS) is 20.0. The zero-order valence-electron chi connectivity index (χ0n) is 19.7. The molecule has 34 heavy (non-hydrogen) atoms. The first-order valence-electron chi connectivity index (χ1n) is 11.9.